The topological polar surface area (TPSA) is 84.9 Å². The molecule has 0 aromatic heterocycles. The molecule has 2 aromatic rings. The first-order valence-electron chi connectivity index (χ1n) is 13.6. The maximum absolute atomic E-state index is 13.4. The zero-order valence-corrected chi connectivity index (χ0v) is 23.3. The van der Waals surface area contributed by atoms with Gasteiger partial charge in [0, 0.05) is 12.5 Å². The Bertz CT molecular complexity index is 1140. The average molecular weight is 521 g/mol. The van der Waals surface area contributed by atoms with Gasteiger partial charge in [-0.3, -0.25) is 9.69 Å². The first-order valence-corrected chi connectivity index (χ1v) is 13.6. The van der Waals surface area contributed by atoms with Gasteiger partial charge in [-0.15, -0.1) is 0 Å². The van der Waals surface area contributed by atoms with Crippen molar-refractivity contribution >= 4 is 18.0 Å². The van der Waals surface area contributed by atoms with Crippen molar-refractivity contribution in [3.63, 3.8) is 0 Å². The van der Waals surface area contributed by atoms with Crippen LogP contribution in [0.1, 0.15) is 71.4 Å². The van der Waals surface area contributed by atoms with Crippen LogP contribution in [0.5, 0.6) is 0 Å². The largest absolute Gasteiger partial charge is 0.458 e. The van der Waals surface area contributed by atoms with Crippen LogP contribution in [0.4, 0.5) is 4.79 Å². The van der Waals surface area contributed by atoms with Gasteiger partial charge in [0.15, 0.2) is 0 Å². The van der Waals surface area contributed by atoms with Gasteiger partial charge in [0.1, 0.15) is 24.3 Å². The normalized spacial score (nSPS) is 20.3. The number of nitrogens with one attached hydrogen (secondary N) is 1. The number of ether oxygens (including phenoxy) is 2. The Hall–Kier alpha value is -3.35. The van der Waals surface area contributed by atoms with Crippen LogP contribution in [-0.4, -0.2) is 53.7 Å². The molecule has 0 spiro atoms. The summed E-state index contributed by atoms with van der Waals surface area (Å²) in [6.45, 7) is 11.9. The summed E-state index contributed by atoms with van der Waals surface area (Å²) in [5.41, 5.74) is 3.94. The quantitative estimate of drug-likeness (QED) is 0.486. The molecule has 204 valence electrons. The summed E-state index contributed by atoms with van der Waals surface area (Å²) in [5, 5.41) is 2.90. The molecule has 1 heterocycles. The van der Waals surface area contributed by atoms with E-state index in [-0.39, 0.29) is 30.3 Å². The van der Waals surface area contributed by atoms with Crippen LogP contribution in [0, 0.1) is 11.8 Å². The van der Waals surface area contributed by atoms with Gasteiger partial charge < -0.3 is 14.8 Å². The van der Waals surface area contributed by atoms with Crippen molar-refractivity contribution in [2.24, 2.45) is 11.8 Å². The molecule has 1 saturated heterocycles. The molecule has 0 unspecified atom stereocenters. The number of carbonyl (C=O) groups excluding carboxylic acids is 3. The van der Waals surface area contributed by atoms with E-state index in [0.29, 0.717) is 19.4 Å². The molecule has 4 rings (SSSR count). The molecule has 2 aliphatic rings. The van der Waals surface area contributed by atoms with Gasteiger partial charge in [0.2, 0.25) is 5.91 Å². The van der Waals surface area contributed by atoms with E-state index in [1.54, 1.807) is 20.8 Å². The lowest BCUT2D eigenvalue weighted by Gasteiger charge is -2.30. The number of rotatable bonds is 7. The van der Waals surface area contributed by atoms with Gasteiger partial charge in [-0.05, 0) is 61.3 Å². The van der Waals surface area contributed by atoms with Crippen molar-refractivity contribution < 1.29 is 23.9 Å². The molecule has 2 amide bonds. The molecule has 1 aliphatic heterocycles. The van der Waals surface area contributed by atoms with Crippen molar-refractivity contribution in [3.05, 3.63) is 59.7 Å². The summed E-state index contributed by atoms with van der Waals surface area (Å²) >= 11 is 0. The van der Waals surface area contributed by atoms with E-state index >= 15 is 0 Å². The number of hydrogen-bond acceptors (Lipinski definition) is 5. The predicted molar refractivity (Wildman–Crippen MR) is 147 cm³/mol. The number of benzene rings is 2. The zero-order chi connectivity index (χ0) is 27.6. The molecule has 7 heteroatoms. The maximum atomic E-state index is 13.4. The molecule has 0 saturated carbocycles. The molecule has 2 aromatic carbocycles. The van der Waals surface area contributed by atoms with Gasteiger partial charge in [0.05, 0.1) is 0 Å². The minimum Gasteiger partial charge on any atom is -0.458 e. The lowest BCUT2D eigenvalue weighted by molar-refractivity contribution is -0.160. The van der Waals surface area contributed by atoms with Crippen LogP contribution >= 0.6 is 0 Å². The molecule has 1 aliphatic carbocycles. The summed E-state index contributed by atoms with van der Waals surface area (Å²) in [7, 11) is 0. The lowest BCUT2D eigenvalue weighted by Crippen LogP contribution is -2.54. The van der Waals surface area contributed by atoms with E-state index in [0.717, 1.165) is 22.3 Å². The third-order valence-corrected chi connectivity index (χ3v) is 7.55. The second-order valence-electron chi connectivity index (χ2n) is 11.7. The second kappa shape index (κ2) is 11.2. The van der Waals surface area contributed by atoms with Gasteiger partial charge >= 0.3 is 12.1 Å². The third kappa shape index (κ3) is 5.87. The summed E-state index contributed by atoms with van der Waals surface area (Å²) in [4.78, 5) is 41.1. The highest BCUT2D eigenvalue weighted by Crippen LogP contribution is 2.44. The Morgan fingerprint density at radius 3 is 2.16 bits per heavy atom. The van der Waals surface area contributed by atoms with Crippen LogP contribution in [0.3, 0.4) is 0 Å². The van der Waals surface area contributed by atoms with Gasteiger partial charge in [-0.1, -0.05) is 75.7 Å². The van der Waals surface area contributed by atoms with Crippen LogP contribution in [0.15, 0.2) is 48.5 Å². The number of likely N-dealkylation sites (tertiary alicyclic amines) is 1. The number of nitrogens with zero attached hydrogens (tertiary/aromatic N) is 1. The molecule has 38 heavy (non-hydrogen) atoms. The standard InChI is InChI=1S/C31H40N2O5/c1-7-20(3)27(29(35)38-31(4,5)6)32-28(34)26-16-19(2)17-33(26)30(36)37-18-25-23-14-10-8-12-21(23)22-13-9-11-15-24(22)25/h8-15,19-20,25-27H,7,16-18H2,1-6H3,(H,32,34)/t19-,20+,26+,27+/m1/s1. The predicted octanol–water partition coefficient (Wildman–Crippen LogP) is 5.52. The third-order valence-electron chi connectivity index (χ3n) is 7.55. The number of fused-ring (bicyclic) bond motifs is 3. The lowest BCUT2D eigenvalue weighted by atomic mass is 9.98. The monoisotopic (exact) mass is 520 g/mol. The fourth-order valence-corrected chi connectivity index (χ4v) is 5.46. The van der Waals surface area contributed by atoms with Crippen LogP contribution in [0.25, 0.3) is 11.1 Å². The van der Waals surface area contributed by atoms with Crippen molar-refractivity contribution in [3.8, 4) is 11.1 Å². The molecule has 0 bridgehead atoms. The smallest absolute Gasteiger partial charge is 0.410 e. The van der Waals surface area contributed by atoms with E-state index in [2.05, 4.69) is 29.6 Å². The van der Waals surface area contributed by atoms with Crippen LogP contribution in [-0.2, 0) is 19.1 Å². The summed E-state index contributed by atoms with van der Waals surface area (Å²) < 4.78 is 11.4. The Balaban J connectivity index is 1.46. The minimum atomic E-state index is -0.785. The summed E-state index contributed by atoms with van der Waals surface area (Å²) in [5.74, 6) is -0.844. The maximum Gasteiger partial charge on any atom is 0.410 e. The first-order chi connectivity index (χ1) is 18.0. The van der Waals surface area contributed by atoms with E-state index in [1.165, 1.54) is 4.90 Å². The van der Waals surface area contributed by atoms with Crippen molar-refractivity contribution in [1.82, 2.24) is 10.2 Å². The second-order valence-corrected chi connectivity index (χ2v) is 11.7. The highest BCUT2D eigenvalue weighted by Gasteiger charge is 2.41. The summed E-state index contributed by atoms with van der Waals surface area (Å²) in [6.07, 6.45) is 0.701. The molecule has 7 nitrogen and oxygen atoms in total. The number of carbonyl (C=O) groups is 3. The van der Waals surface area contributed by atoms with E-state index < -0.39 is 29.7 Å². The molecular formula is C31H40N2O5. The first kappa shape index (κ1) is 27.7. The van der Waals surface area contributed by atoms with Crippen molar-refractivity contribution in [2.45, 2.75) is 78.0 Å². The fraction of sp³-hybridized carbons (Fsp3) is 0.516. The molecular weight excluding hydrogens is 480 g/mol. The Morgan fingerprint density at radius 2 is 1.61 bits per heavy atom. The Labute approximate surface area is 225 Å². The highest BCUT2D eigenvalue weighted by atomic mass is 16.6. The average Bonchev–Trinajstić information content (AvgIpc) is 3.42. The molecule has 1 N–H and O–H groups in total. The molecule has 0 radical (unpaired) electrons. The van der Waals surface area contributed by atoms with Crippen molar-refractivity contribution in [1.29, 1.82) is 0 Å². The highest BCUT2D eigenvalue weighted by molar-refractivity contribution is 5.90. The fourth-order valence-electron chi connectivity index (χ4n) is 5.46. The molecule has 1 fully saturated rings. The number of amides is 2. The number of esters is 1. The van der Waals surface area contributed by atoms with Gasteiger partial charge in [-0.2, -0.15) is 0 Å². The minimum absolute atomic E-state index is 0.0550. The van der Waals surface area contributed by atoms with E-state index in [9.17, 15) is 14.4 Å². The van der Waals surface area contributed by atoms with Crippen molar-refractivity contribution in [2.75, 3.05) is 13.2 Å². The van der Waals surface area contributed by atoms with E-state index in [1.807, 2.05) is 45.0 Å². The Morgan fingerprint density at radius 1 is 1.03 bits per heavy atom. The number of hydrogen-bond donors (Lipinski definition) is 1. The van der Waals surface area contributed by atoms with Gasteiger partial charge in [-0.25, -0.2) is 9.59 Å². The van der Waals surface area contributed by atoms with E-state index in [4.69, 9.17) is 9.47 Å². The Kier molecular flexibility index (Phi) is 8.14. The van der Waals surface area contributed by atoms with Crippen LogP contribution in [0.2, 0.25) is 0 Å². The molecule has 4 atom stereocenters. The SMILES string of the molecule is CC[C@H](C)[C@H](NC(=O)[C@@H]1C[C@@H](C)CN1C(=O)OCC1c2ccccc2-c2ccccc21)C(=O)OC(C)(C)C. The van der Waals surface area contributed by atoms with Gasteiger partial charge in [0.25, 0.3) is 0 Å². The van der Waals surface area contributed by atoms with Crippen LogP contribution < -0.4 is 5.32 Å². The summed E-state index contributed by atoms with van der Waals surface area (Å²) in [6, 6.07) is 14.9. The zero-order valence-electron chi connectivity index (χ0n) is 23.3.